The first-order valence-electron chi connectivity index (χ1n) is 6.30. The number of anilines is 1. The van der Waals surface area contributed by atoms with Gasteiger partial charge in [-0.25, -0.2) is 14.5 Å². The first-order valence-corrected chi connectivity index (χ1v) is 6.30. The molecule has 20 heavy (non-hydrogen) atoms. The van der Waals surface area contributed by atoms with Crippen molar-refractivity contribution in [3.63, 3.8) is 0 Å². The fourth-order valence-electron chi connectivity index (χ4n) is 1.98. The van der Waals surface area contributed by atoms with Gasteiger partial charge in [-0.2, -0.15) is 5.10 Å². The van der Waals surface area contributed by atoms with Gasteiger partial charge in [0, 0.05) is 24.6 Å². The minimum absolute atomic E-state index is 0.216. The van der Waals surface area contributed by atoms with Crippen molar-refractivity contribution in [2.24, 2.45) is 0 Å². The fourth-order valence-corrected chi connectivity index (χ4v) is 1.98. The van der Waals surface area contributed by atoms with E-state index in [2.05, 4.69) is 20.4 Å². The van der Waals surface area contributed by atoms with E-state index in [1.54, 1.807) is 24.5 Å². The molecule has 1 N–H and O–H groups in total. The molecule has 0 aromatic carbocycles. The summed E-state index contributed by atoms with van der Waals surface area (Å²) in [4.78, 5) is 20.6. The molecule has 1 amide bonds. The zero-order chi connectivity index (χ0) is 14.1. The van der Waals surface area contributed by atoms with Crippen molar-refractivity contribution >= 4 is 17.5 Å². The molecule has 3 aromatic heterocycles. The third-order valence-corrected chi connectivity index (χ3v) is 2.96. The van der Waals surface area contributed by atoms with Crippen LogP contribution >= 0.6 is 0 Å². The van der Waals surface area contributed by atoms with Gasteiger partial charge >= 0.3 is 0 Å². The average molecular weight is 270 g/mol. The molecule has 3 heterocycles. The highest BCUT2D eigenvalue weighted by Crippen LogP contribution is 2.14. The number of nitrogens with zero attached hydrogens (tertiary/aromatic N) is 5. The lowest BCUT2D eigenvalue weighted by atomic mass is 10.4. The van der Waals surface area contributed by atoms with Crippen LogP contribution in [0.1, 0.15) is 30.4 Å². The first-order chi connectivity index (χ1) is 9.66. The van der Waals surface area contributed by atoms with Gasteiger partial charge in [0.15, 0.2) is 11.3 Å². The number of carbonyl (C=O) groups excluding carboxylic acids is 1. The molecule has 0 unspecified atom stereocenters. The van der Waals surface area contributed by atoms with Crippen molar-refractivity contribution in [3.8, 4) is 0 Å². The lowest BCUT2D eigenvalue weighted by Gasteiger charge is -2.11. The molecule has 0 atom stereocenters. The summed E-state index contributed by atoms with van der Waals surface area (Å²) in [5.74, 6) is 0.222. The maximum Gasteiger partial charge on any atom is 0.278 e. The Hall–Kier alpha value is -2.70. The van der Waals surface area contributed by atoms with Crippen LogP contribution in [-0.2, 0) is 0 Å². The third-order valence-electron chi connectivity index (χ3n) is 2.96. The molecule has 3 aromatic rings. The maximum atomic E-state index is 12.3. The van der Waals surface area contributed by atoms with Gasteiger partial charge in [-0.3, -0.25) is 10.1 Å². The zero-order valence-corrected chi connectivity index (χ0v) is 11.2. The van der Waals surface area contributed by atoms with Crippen LogP contribution in [0.5, 0.6) is 0 Å². The van der Waals surface area contributed by atoms with E-state index in [4.69, 9.17) is 0 Å². The Balaban J connectivity index is 1.91. The van der Waals surface area contributed by atoms with Crippen LogP contribution in [0, 0.1) is 0 Å². The summed E-state index contributed by atoms with van der Waals surface area (Å²) in [6, 6.07) is 3.78. The molecule has 0 saturated heterocycles. The molecular formula is C13H14N6O. The SMILES string of the molecule is CC(C)n1ccnc1NC(=O)c1cnc2cccnn12. The van der Waals surface area contributed by atoms with Crippen LogP contribution in [0.25, 0.3) is 5.65 Å². The molecule has 0 aliphatic heterocycles. The predicted molar refractivity (Wildman–Crippen MR) is 73.6 cm³/mol. The van der Waals surface area contributed by atoms with Crippen LogP contribution in [0.4, 0.5) is 5.95 Å². The summed E-state index contributed by atoms with van der Waals surface area (Å²) in [6.07, 6.45) is 6.59. The molecule has 3 rings (SSSR count). The number of imidazole rings is 2. The standard InChI is InChI=1S/C13H14N6O/c1-9(2)18-7-6-14-13(18)17-12(20)10-8-15-11-4-3-5-16-19(10)11/h3-9H,1-2H3,(H,14,17,20). The highest BCUT2D eigenvalue weighted by atomic mass is 16.2. The van der Waals surface area contributed by atoms with Crippen molar-refractivity contribution in [2.75, 3.05) is 5.32 Å². The topological polar surface area (TPSA) is 77.1 Å². The quantitative estimate of drug-likeness (QED) is 0.786. The minimum Gasteiger partial charge on any atom is -0.315 e. The highest BCUT2D eigenvalue weighted by molar-refractivity contribution is 6.02. The van der Waals surface area contributed by atoms with Crippen molar-refractivity contribution < 1.29 is 4.79 Å². The Morgan fingerprint density at radius 1 is 1.30 bits per heavy atom. The Bertz CT molecular complexity index is 757. The number of carbonyl (C=O) groups is 1. The number of aromatic nitrogens is 5. The van der Waals surface area contributed by atoms with E-state index in [1.165, 1.54) is 10.7 Å². The number of fused-ring (bicyclic) bond motifs is 1. The van der Waals surface area contributed by atoms with Gasteiger partial charge in [-0.05, 0) is 26.0 Å². The van der Waals surface area contributed by atoms with Crippen LogP contribution in [0.2, 0.25) is 0 Å². The van der Waals surface area contributed by atoms with Crippen molar-refractivity contribution in [1.82, 2.24) is 24.1 Å². The van der Waals surface area contributed by atoms with E-state index in [9.17, 15) is 4.79 Å². The Morgan fingerprint density at radius 2 is 2.15 bits per heavy atom. The maximum absolute atomic E-state index is 12.3. The second-order valence-corrected chi connectivity index (χ2v) is 4.64. The van der Waals surface area contributed by atoms with Gasteiger partial charge in [0.2, 0.25) is 5.95 Å². The average Bonchev–Trinajstić information content (AvgIpc) is 3.04. The third kappa shape index (κ3) is 2.03. The van der Waals surface area contributed by atoms with E-state index in [0.29, 0.717) is 17.3 Å². The molecule has 102 valence electrons. The molecule has 0 aliphatic carbocycles. The molecule has 7 nitrogen and oxygen atoms in total. The number of amides is 1. The summed E-state index contributed by atoms with van der Waals surface area (Å²) in [5.41, 5.74) is 1.00. The summed E-state index contributed by atoms with van der Waals surface area (Å²) in [7, 11) is 0. The van der Waals surface area contributed by atoms with Gasteiger partial charge in [-0.15, -0.1) is 0 Å². The predicted octanol–water partition coefficient (Wildman–Crippen LogP) is 1.76. The normalized spacial score (nSPS) is 11.2. The molecule has 0 spiro atoms. The second-order valence-electron chi connectivity index (χ2n) is 4.64. The minimum atomic E-state index is -0.288. The Morgan fingerprint density at radius 3 is 2.95 bits per heavy atom. The first kappa shape index (κ1) is 12.3. The number of rotatable bonds is 3. The smallest absolute Gasteiger partial charge is 0.278 e. The molecule has 0 aliphatic rings. The molecule has 0 bridgehead atoms. The summed E-state index contributed by atoms with van der Waals surface area (Å²) in [5, 5.41) is 6.89. The van der Waals surface area contributed by atoms with E-state index >= 15 is 0 Å². The lowest BCUT2D eigenvalue weighted by molar-refractivity contribution is 0.101. The van der Waals surface area contributed by atoms with Crippen molar-refractivity contribution in [1.29, 1.82) is 0 Å². The molecule has 0 saturated carbocycles. The van der Waals surface area contributed by atoms with Crippen LogP contribution in [0.3, 0.4) is 0 Å². The Labute approximate surface area is 115 Å². The summed E-state index contributed by atoms with van der Waals surface area (Å²) in [6.45, 7) is 4.04. The molecular weight excluding hydrogens is 256 g/mol. The molecule has 7 heteroatoms. The summed E-state index contributed by atoms with van der Waals surface area (Å²) >= 11 is 0. The van der Waals surface area contributed by atoms with Crippen LogP contribution in [-0.4, -0.2) is 30.1 Å². The largest absolute Gasteiger partial charge is 0.315 e. The zero-order valence-electron chi connectivity index (χ0n) is 11.2. The van der Waals surface area contributed by atoms with Gasteiger partial charge in [0.05, 0.1) is 6.20 Å². The van der Waals surface area contributed by atoms with Gasteiger partial charge in [0.1, 0.15) is 0 Å². The van der Waals surface area contributed by atoms with E-state index < -0.39 is 0 Å². The number of hydrogen-bond donors (Lipinski definition) is 1. The van der Waals surface area contributed by atoms with Gasteiger partial charge in [0.25, 0.3) is 5.91 Å². The second kappa shape index (κ2) is 4.76. The molecule has 0 fully saturated rings. The number of nitrogens with one attached hydrogen (secondary N) is 1. The van der Waals surface area contributed by atoms with Crippen LogP contribution in [0.15, 0.2) is 36.9 Å². The fraction of sp³-hybridized carbons (Fsp3) is 0.231. The Kier molecular flexibility index (Phi) is 2.94. The van der Waals surface area contributed by atoms with E-state index in [1.807, 2.05) is 24.6 Å². The van der Waals surface area contributed by atoms with Gasteiger partial charge in [-0.1, -0.05) is 0 Å². The van der Waals surface area contributed by atoms with E-state index in [-0.39, 0.29) is 11.9 Å². The monoisotopic (exact) mass is 270 g/mol. The summed E-state index contributed by atoms with van der Waals surface area (Å²) < 4.78 is 3.38. The van der Waals surface area contributed by atoms with Gasteiger partial charge < -0.3 is 4.57 Å². The van der Waals surface area contributed by atoms with Crippen LogP contribution < -0.4 is 5.32 Å². The number of hydrogen-bond acceptors (Lipinski definition) is 4. The van der Waals surface area contributed by atoms with Crippen molar-refractivity contribution in [2.45, 2.75) is 19.9 Å². The van der Waals surface area contributed by atoms with E-state index in [0.717, 1.165) is 0 Å². The highest BCUT2D eigenvalue weighted by Gasteiger charge is 2.15. The lowest BCUT2D eigenvalue weighted by Crippen LogP contribution is -2.18. The van der Waals surface area contributed by atoms with Crippen molar-refractivity contribution in [3.05, 3.63) is 42.6 Å². The molecule has 0 radical (unpaired) electrons.